The molecule has 0 aliphatic rings. The van der Waals surface area contributed by atoms with Gasteiger partial charge in [0, 0.05) is 31.6 Å². The van der Waals surface area contributed by atoms with E-state index >= 15 is 0 Å². The first kappa shape index (κ1) is 23.5. The normalized spacial score (nSPS) is 11.0. The van der Waals surface area contributed by atoms with Crippen molar-refractivity contribution < 1.29 is 9.84 Å². The molecule has 0 aliphatic heterocycles. The van der Waals surface area contributed by atoms with Crippen LogP contribution in [0, 0.1) is 0 Å². The van der Waals surface area contributed by atoms with E-state index in [1.807, 2.05) is 18.2 Å². The Balaban J connectivity index is 0.00000320. The first-order valence-corrected chi connectivity index (χ1v) is 9.61. The van der Waals surface area contributed by atoms with Crippen LogP contribution < -0.4 is 15.4 Å². The van der Waals surface area contributed by atoms with Gasteiger partial charge in [0.2, 0.25) is 0 Å². The summed E-state index contributed by atoms with van der Waals surface area (Å²) in [6, 6.07) is 26.0. The molecule has 0 unspecified atom stereocenters. The molecule has 3 N–H and O–H groups in total. The highest BCUT2D eigenvalue weighted by Gasteiger charge is 2.14. The van der Waals surface area contributed by atoms with Crippen molar-refractivity contribution in [3.63, 3.8) is 0 Å². The van der Waals surface area contributed by atoms with Crippen LogP contribution in [0.25, 0.3) is 0 Å². The maximum Gasteiger partial charge on any atom is 0.191 e. The zero-order valence-corrected chi connectivity index (χ0v) is 19.5. The number of ether oxygens (including phenoxy) is 1. The minimum absolute atomic E-state index is 0. The molecule has 0 saturated heterocycles. The summed E-state index contributed by atoms with van der Waals surface area (Å²) in [6.45, 7) is 1.13. The molecule has 0 spiro atoms. The Bertz CT molecular complexity index is 894. The lowest BCUT2D eigenvalue weighted by molar-refractivity contribution is 0.410. The van der Waals surface area contributed by atoms with Crippen LogP contribution in [-0.2, 0) is 6.54 Å². The average Bonchev–Trinajstić information content (AvgIpc) is 2.78. The molecule has 0 fully saturated rings. The van der Waals surface area contributed by atoms with Gasteiger partial charge < -0.3 is 20.5 Å². The Morgan fingerprint density at radius 3 is 2.07 bits per heavy atom. The lowest BCUT2D eigenvalue weighted by atomic mass is 9.91. The van der Waals surface area contributed by atoms with Gasteiger partial charge in [0.05, 0.1) is 7.11 Å². The third kappa shape index (κ3) is 6.38. The van der Waals surface area contributed by atoms with Crippen molar-refractivity contribution in [1.29, 1.82) is 0 Å². The molecule has 0 atom stereocenters. The summed E-state index contributed by atoms with van der Waals surface area (Å²) < 4.78 is 5.24. The fourth-order valence-corrected chi connectivity index (χ4v) is 3.23. The molecule has 3 rings (SSSR count). The summed E-state index contributed by atoms with van der Waals surface area (Å²) in [6.07, 6.45) is 0. The van der Waals surface area contributed by atoms with E-state index < -0.39 is 0 Å². The number of halogens is 1. The van der Waals surface area contributed by atoms with E-state index in [9.17, 15) is 5.11 Å². The standard InChI is InChI=1S/C24H27N3O2.HI/c1-25-24(26-16-20-15-21(29-2)13-14-23(20)28)27-17-22(18-9-5-3-6-10-18)19-11-7-4-8-12-19;/h3-15,22,28H,16-17H2,1-2H3,(H2,25,26,27);1H. The Kier molecular flexibility index (Phi) is 9.47. The second-order valence-electron chi connectivity index (χ2n) is 6.68. The van der Waals surface area contributed by atoms with Crippen molar-refractivity contribution in [2.45, 2.75) is 12.5 Å². The Labute approximate surface area is 195 Å². The number of hydrogen-bond donors (Lipinski definition) is 3. The van der Waals surface area contributed by atoms with Crippen molar-refractivity contribution in [3.8, 4) is 11.5 Å². The topological polar surface area (TPSA) is 65.9 Å². The largest absolute Gasteiger partial charge is 0.508 e. The van der Waals surface area contributed by atoms with Crippen molar-refractivity contribution in [2.75, 3.05) is 20.7 Å². The SMILES string of the molecule is CN=C(NCc1cc(OC)ccc1O)NCC(c1ccccc1)c1ccccc1.I. The predicted molar refractivity (Wildman–Crippen MR) is 133 cm³/mol. The number of nitrogens with zero attached hydrogens (tertiary/aromatic N) is 1. The maximum absolute atomic E-state index is 10.1. The van der Waals surface area contributed by atoms with E-state index in [1.54, 1.807) is 26.3 Å². The van der Waals surface area contributed by atoms with Gasteiger partial charge in [0.1, 0.15) is 11.5 Å². The van der Waals surface area contributed by atoms with Gasteiger partial charge in [0.25, 0.3) is 0 Å². The molecular weight excluding hydrogens is 489 g/mol. The van der Waals surface area contributed by atoms with Crippen LogP contribution in [0.1, 0.15) is 22.6 Å². The summed E-state index contributed by atoms with van der Waals surface area (Å²) in [5.74, 6) is 1.79. The molecule has 30 heavy (non-hydrogen) atoms. The number of nitrogens with one attached hydrogen (secondary N) is 2. The molecule has 0 bridgehead atoms. The monoisotopic (exact) mass is 517 g/mol. The number of phenols is 1. The van der Waals surface area contributed by atoms with E-state index in [4.69, 9.17) is 4.74 Å². The Hall–Kier alpha value is -2.74. The van der Waals surface area contributed by atoms with Crippen LogP contribution in [0.4, 0.5) is 0 Å². The Morgan fingerprint density at radius 1 is 0.933 bits per heavy atom. The Morgan fingerprint density at radius 2 is 1.53 bits per heavy atom. The summed E-state index contributed by atoms with van der Waals surface area (Å²) in [5.41, 5.74) is 3.23. The molecule has 3 aromatic rings. The van der Waals surface area contributed by atoms with E-state index in [0.717, 1.165) is 5.56 Å². The number of aliphatic imine (C=N–C) groups is 1. The fourth-order valence-electron chi connectivity index (χ4n) is 3.23. The van der Waals surface area contributed by atoms with Gasteiger partial charge in [-0.15, -0.1) is 24.0 Å². The van der Waals surface area contributed by atoms with E-state index in [1.165, 1.54) is 11.1 Å². The molecular formula is C24H28IN3O2. The van der Waals surface area contributed by atoms with Gasteiger partial charge in [-0.25, -0.2) is 0 Å². The summed E-state index contributed by atoms with van der Waals surface area (Å²) >= 11 is 0. The molecule has 0 saturated carbocycles. The van der Waals surface area contributed by atoms with Crippen LogP contribution >= 0.6 is 24.0 Å². The second kappa shape index (κ2) is 12.1. The number of methoxy groups -OCH3 is 1. The highest BCUT2D eigenvalue weighted by atomic mass is 127. The third-order valence-electron chi connectivity index (χ3n) is 4.83. The lowest BCUT2D eigenvalue weighted by Crippen LogP contribution is -2.39. The number of phenolic OH excluding ortho intramolecular Hbond substituents is 1. The van der Waals surface area contributed by atoms with Crippen LogP contribution in [0.5, 0.6) is 11.5 Å². The number of aromatic hydroxyl groups is 1. The highest BCUT2D eigenvalue weighted by molar-refractivity contribution is 14.0. The molecule has 158 valence electrons. The van der Waals surface area contributed by atoms with Crippen LogP contribution in [0.3, 0.4) is 0 Å². The summed E-state index contributed by atoms with van der Waals surface area (Å²) in [5, 5.41) is 16.7. The molecule has 3 aromatic carbocycles. The number of hydrogen-bond acceptors (Lipinski definition) is 3. The number of benzene rings is 3. The first-order valence-electron chi connectivity index (χ1n) is 9.61. The molecule has 0 aliphatic carbocycles. The molecule has 5 nitrogen and oxygen atoms in total. The van der Waals surface area contributed by atoms with Crippen LogP contribution in [0.15, 0.2) is 83.9 Å². The molecule has 0 radical (unpaired) electrons. The second-order valence-corrected chi connectivity index (χ2v) is 6.68. The zero-order valence-electron chi connectivity index (χ0n) is 17.2. The van der Waals surface area contributed by atoms with Gasteiger partial charge in [-0.05, 0) is 29.3 Å². The molecule has 0 aromatic heterocycles. The van der Waals surface area contributed by atoms with Crippen LogP contribution in [0.2, 0.25) is 0 Å². The molecule has 0 amide bonds. The number of guanidine groups is 1. The van der Waals surface area contributed by atoms with Gasteiger partial charge in [0.15, 0.2) is 5.96 Å². The predicted octanol–water partition coefficient (Wildman–Crippen LogP) is 4.52. The zero-order chi connectivity index (χ0) is 20.5. The van der Waals surface area contributed by atoms with E-state index in [2.05, 4.69) is 64.2 Å². The lowest BCUT2D eigenvalue weighted by Gasteiger charge is -2.21. The number of rotatable bonds is 7. The molecule has 0 heterocycles. The smallest absolute Gasteiger partial charge is 0.191 e. The van der Waals surface area contributed by atoms with Crippen molar-refractivity contribution in [3.05, 3.63) is 95.6 Å². The maximum atomic E-state index is 10.1. The minimum atomic E-state index is 0. The van der Waals surface area contributed by atoms with Gasteiger partial charge >= 0.3 is 0 Å². The van der Waals surface area contributed by atoms with Gasteiger partial charge in [-0.2, -0.15) is 0 Å². The van der Waals surface area contributed by atoms with Crippen molar-refractivity contribution in [2.24, 2.45) is 4.99 Å². The highest BCUT2D eigenvalue weighted by Crippen LogP contribution is 2.24. The van der Waals surface area contributed by atoms with E-state index in [-0.39, 0.29) is 35.6 Å². The quantitative estimate of drug-likeness (QED) is 0.245. The van der Waals surface area contributed by atoms with E-state index in [0.29, 0.717) is 24.8 Å². The van der Waals surface area contributed by atoms with Crippen LogP contribution in [-0.4, -0.2) is 31.8 Å². The first-order chi connectivity index (χ1) is 14.2. The van der Waals surface area contributed by atoms with Gasteiger partial charge in [-0.3, -0.25) is 4.99 Å². The van der Waals surface area contributed by atoms with Crippen molar-refractivity contribution in [1.82, 2.24) is 10.6 Å². The third-order valence-corrected chi connectivity index (χ3v) is 4.83. The van der Waals surface area contributed by atoms with Crippen molar-refractivity contribution >= 4 is 29.9 Å². The fraction of sp³-hybridized carbons (Fsp3) is 0.208. The summed E-state index contributed by atoms with van der Waals surface area (Å²) in [7, 11) is 3.35. The summed E-state index contributed by atoms with van der Waals surface area (Å²) in [4.78, 5) is 4.32. The van der Waals surface area contributed by atoms with Gasteiger partial charge in [-0.1, -0.05) is 60.7 Å². The minimum Gasteiger partial charge on any atom is -0.508 e. The average molecular weight is 517 g/mol. The molecule has 6 heteroatoms.